The summed E-state index contributed by atoms with van der Waals surface area (Å²) in [6, 6.07) is 11.6. The van der Waals surface area contributed by atoms with Gasteiger partial charge in [0.15, 0.2) is 0 Å². The Morgan fingerprint density at radius 1 is 1.00 bits per heavy atom. The molecule has 0 radical (unpaired) electrons. The minimum absolute atomic E-state index is 0.0194. The highest BCUT2D eigenvalue weighted by Crippen LogP contribution is 2.29. The van der Waals surface area contributed by atoms with Crippen molar-refractivity contribution in [3.8, 4) is 17.2 Å². The number of hydrogen-bond donors (Lipinski definition) is 3. The van der Waals surface area contributed by atoms with Gasteiger partial charge in [0.25, 0.3) is 0 Å². The molecule has 0 aromatic heterocycles. The minimum atomic E-state index is -0.938. The first-order chi connectivity index (χ1) is 12.1. The van der Waals surface area contributed by atoms with Gasteiger partial charge in [-0.25, -0.2) is 4.79 Å². The van der Waals surface area contributed by atoms with Crippen molar-refractivity contribution in [2.45, 2.75) is 6.10 Å². The van der Waals surface area contributed by atoms with Gasteiger partial charge in [0.05, 0.1) is 21.3 Å². The van der Waals surface area contributed by atoms with Crippen LogP contribution in [0.3, 0.4) is 0 Å². The van der Waals surface area contributed by atoms with Crippen LogP contribution < -0.4 is 24.8 Å². The van der Waals surface area contributed by atoms with Gasteiger partial charge in [-0.3, -0.25) is 0 Å². The summed E-state index contributed by atoms with van der Waals surface area (Å²) in [5.74, 6) is 1.81. The van der Waals surface area contributed by atoms with Crippen molar-refractivity contribution in [2.75, 3.05) is 33.2 Å². The van der Waals surface area contributed by atoms with E-state index >= 15 is 0 Å². The second kappa shape index (κ2) is 8.79. The molecule has 0 aliphatic carbocycles. The summed E-state index contributed by atoms with van der Waals surface area (Å²) in [6.07, 6.45) is -0.938. The van der Waals surface area contributed by atoms with Gasteiger partial charge in [-0.05, 0) is 42.5 Å². The molecule has 2 rings (SSSR count). The number of carbonyl (C=O) groups is 1. The lowest BCUT2D eigenvalue weighted by Crippen LogP contribution is -2.32. The first kappa shape index (κ1) is 18.4. The van der Waals surface area contributed by atoms with Crippen LogP contribution in [0.25, 0.3) is 0 Å². The molecular formula is C18H22N2O5. The number of aliphatic hydroxyl groups excluding tert-OH is 1. The smallest absolute Gasteiger partial charge is 0.319 e. The normalized spacial score (nSPS) is 11.4. The van der Waals surface area contributed by atoms with Crippen LogP contribution in [-0.4, -0.2) is 39.0 Å². The van der Waals surface area contributed by atoms with E-state index in [2.05, 4.69) is 10.6 Å². The maximum Gasteiger partial charge on any atom is 0.319 e. The Balaban J connectivity index is 1.94. The molecule has 0 heterocycles. The number of anilines is 1. The van der Waals surface area contributed by atoms with Crippen LogP contribution in [0.4, 0.5) is 10.5 Å². The highest BCUT2D eigenvalue weighted by molar-refractivity contribution is 5.89. The van der Waals surface area contributed by atoms with E-state index in [1.54, 1.807) is 56.7 Å². The van der Waals surface area contributed by atoms with Crippen LogP contribution in [0.5, 0.6) is 17.2 Å². The predicted molar refractivity (Wildman–Crippen MR) is 94.5 cm³/mol. The van der Waals surface area contributed by atoms with Crippen molar-refractivity contribution in [1.82, 2.24) is 5.32 Å². The van der Waals surface area contributed by atoms with Gasteiger partial charge in [0.2, 0.25) is 0 Å². The van der Waals surface area contributed by atoms with Crippen LogP contribution >= 0.6 is 0 Å². The fourth-order valence-electron chi connectivity index (χ4n) is 2.25. The molecule has 0 saturated carbocycles. The number of rotatable bonds is 7. The third-order valence-electron chi connectivity index (χ3n) is 3.60. The summed E-state index contributed by atoms with van der Waals surface area (Å²) in [5.41, 5.74) is 1.15. The SMILES string of the molecule is COc1ccc(NC(=O)NC[C@@H](O)c2cc(OC)ccc2OC)cc1. The van der Waals surface area contributed by atoms with Crippen molar-refractivity contribution >= 4 is 11.7 Å². The highest BCUT2D eigenvalue weighted by atomic mass is 16.5. The van der Waals surface area contributed by atoms with Gasteiger partial charge in [-0.2, -0.15) is 0 Å². The highest BCUT2D eigenvalue weighted by Gasteiger charge is 2.15. The largest absolute Gasteiger partial charge is 0.497 e. The van der Waals surface area contributed by atoms with Crippen molar-refractivity contribution in [1.29, 1.82) is 0 Å². The Hall–Kier alpha value is -2.93. The van der Waals surface area contributed by atoms with E-state index in [0.717, 1.165) is 0 Å². The number of nitrogens with one attached hydrogen (secondary N) is 2. The van der Waals surface area contributed by atoms with Crippen LogP contribution in [0.2, 0.25) is 0 Å². The van der Waals surface area contributed by atoms with Gasteiger partial charge in [-0.1, -0.05) is 0 Å². The number of hydrogen-bond acceptors (Lipinski definition) is 5. The van der Waals surface area contributed by atoms with E-state index < -0.39 is 12.1 Å². The lowest BCUT2D eigenvalue weighted by Gasteiger charge is -2.17. The predicted octanol–water partition coefficient (Wildman–Crippen LogP) is 2.57. The second-order valence-electron chi connectivity index (χ2n) is 5.19. The van der Waals surface area contributed by atoms with Gasteiger partial charge in [-0.15, -0.1) is 0 Å². The molecule has 0 aliphatic heterocycles. The molecule has 2 amide bonds. The van der Waals surface area contributed by atoms with Gasteiger partial charge in [0.1, 0.15) is 23.4 Å². The molecule has 0 fully saturated rings. The molecule has 0 unspecified atom stereocenters. The molecule has 2 aromatic rings. The number of benzene rings is 2. The third-order valence-corrected chi connectivity index (χ3v) is 3.60. The summed E-state index contributed by atoms with van der Waals surface area (Å²) in [4.78, 5) is 12.0. The average Bonchev–Trinajstić information content (AvgIpc) is 2.66. The molecule has 3 N–H and O–H groups in total. The van der Waals surface area contributed by atoms with E-state index in [-0.39, 0.29) is 6.54 Å². The molecule has 134 valence electrons. The first-order valence-corrected chi connectivity index (χ1v) is 7.66. The van der Waals surface area contributed by atoms with E-state index in [9.17, 15) is 9.90 Å². The molecule has 0 aliphatic rings. The van der Waals surface area contributed by atoms with E-state index in [1.165, 1.54) is 7.11 Å². The van der Waals surface area contributed by atoms with Crippen molar-refractivity contribution in [2.24, 2.45) is 0 Å². The number of urea groups is 1. The standard InChI is InChI=1S/C18H22N2O5/c1-23-13-6-4-12(5-7-13)20-18(22)19-11-16(21)15-10-14(24-2)8-9-17(15)25-3/h4-10,16,21H,11H2,1-3H3,(H2,19,20,22)/t16-/m1/s1. The third kappa shape index (κ3) is 5.02. The Labute approximate surface area is 146 Å². The molecule has 1 atom stereocenters. The summed E-state index contributed by atoms with van der Waals surface area (Å²) in [7, 11) is 4.63. The summed E-state index contributed by atoms with van der Waals surface area (Å²) < 4.78 is 15.4. The second-order valence-corrected chi connectivity index (χ2v) is 5.19. The fourth-order valence-corrected chi connectivity index (χ4v) is 2.25. The fraction of sp³-hybridized carbons (Fsp3) is 0.278. The summed E-state index contributed by atoms with van der Waals surface area (Å²) in [6.45, 7) is 0.0194. The van der Waals surface area contributed by atoms with E-state index in [4.69, 9.17) is 14.2 Å². The first-order valence-electron chi connectivity index (χ1n) is 7.66. The van der Waals surface area contributed by atoms with Crippen LogP contribution in [0, 0.1) is 0 Å². The summed E-state index contributed by atoms with van der Waals surface area (Å²) in [5, 5.41) is 15.6. The molecule has 0 bridgehead atoms. The van der Waals surface area contributed by atoms with E-state index in [0.29, 0.717) is 28.5 Å². The molecule has 2 aromatic carbocycles. The Morgan fingerprint density at radius 3 is 2.24 bits per heavy atom. The minimum Gasteiger partial charge on any atom is -0.497 e. The zero-order chi connectivity index (χ0) is 18.2. The van der Waals surface area contributed by atoms with Crippen LogP contribution in [-0.2, 0) is 0 Å². The van der Waals surface area contributed by atoms with Gasteiger partial charge in [0, 0.05) is 17.8 Å². The maximum atomic E-state index is 12.0. The summed E-state index contributed by atoms with van der Waals surface area (Å²) >= 11 is 0. The van der Waals surface area contributed by atoms with Crippen molar-refractivity contribution in [3.63, 3.8) is 0 Å². The molecular weight excluding hydrogens is 324 g/mol. The Bertz CT molecular complexity index is 703. The molecule has 0 saturated heterocycles. The Morgan fingerprint density at radius 2 is 1.64 bits per heavy atom. The zero-order valence-corrected chi connectivity index (χ0v) is 14.4. The number of ether oxygens (including phenoxy) is 3. The van der Waals surface area contributed by atoms with Crippen molar-refractivity contribution in [3.05, 3.63) is 48.0 Å². The number of carbonyl (C=O) groups excluding carboxylic acids is 1. The number of methoxy groups -OCH3 is 3. The lowest BCUT2D eigenvalue weighted by molar-refractivity contribution is 0.170. The van der Waals surface area contributed by atoms with E-state index in [1.807, 2.05) is 0 Å². The van der Waals surface area contributed by atoms with Crippen LogP contribution in [0.1, 0.15) is 11.7 Å². The molecule has 7 nitrogen and oxygen atoms in total. The van der Waals surface area contributed by atoms with Gasteiger partial charge < -0.3 is 30.0 Å². The molecule has 25 heavy (non-hydrogen) atoms. The monoisotopic (exact) mass is 346 g/mol. The van der Waals surface area contributed by atoms with Crippen LogP contribution in [0.15, 0.2) is 42.5 Å². The number of amides is 2. The quantitative estimate of drug-likeness (QED) is 0.717. The topological polar surface area (TPSA) is 89.1 Å². The molecule has 0 spiro atoms. The average molecular weight is 346 g/mol. The zero-order valence-electron chi connectivity index (χ0n) is 14.4. The maximum absolute atomic E-state index is 12.0. The Kier molecular flexibility index (Phi) is 6.47. The van der Waals surface area contributed by atoms with Crippen molar-refractivity contribution < 1.29 is 24.1 Å². The number of aliphatic hydroxyl groups is 1. The lowest BCUT2D eigenvalue weighted by atomic mass is 10.1. The molecule has 7 heteroatoms. The van der Waals surface area contributed by atoms with Gasteiger partial charge >= 0.3 is 6.03 Å².